The molecule has 1 aromatic heterocycles. The molecule has 1 N–H and O–H groups in total. The van der Waals surface area contributed by atoms with Crippen LogP contribution in [0.3, 0.4) is 0 Å². The number of anilines is 1. The summed E-state index contributed by atoms with van der Waals surface area (Å²) in [5.74, 6) is 1.01. The van der Waals surface area contributed by atoms with Crippen LogP contribution in [0.4, 0.5) is 5.69 Å². The molecule has 0 fully saturated rings. The van der Waals surface area contributed by atoms with Crippen molar-refractivity contribution in [3.05, 3.63) is 17.1 Å². The maximum Gasteiger partial charge on any atom is 0.306 e. The minimum Gasteiger partial charge on any atom is -0.494 e. The van der Waals surface area contributed by atoms with Crippen molar-refractivity contribution in [2.45, 2.75) is 32.6 Å². The standard InChI is InChI=1S/C17H22N2O3S3/c1-17(2,3)15-18-11-8-12(21-4)10(9-13(11)25-15)19-16(23)24-7-6-14(20)22-5/h8-9H,6-7H2,1-5H3,(H,19,23). The molecule has 0 aliphatic rings. The fourth-order valence-corrected chi connectivity index (χ4v) is 4.06. The second kappa shape index (κ2) is 8.33. The van der Waals surface area contributed by atoms with Gasteiger partial charge in [0.1, 0.15) is 10.1 Å². The third-order valence-corrected chi connectivity index (χ3v) is 6.03. The van der Waals surface area contributed by atoms with Crippen molar-refractivity contribution in [2.24, 2.45) is 0 Å². The van der Waals surface area contributed by atoms with Crippen molar-refractivity contribution in [2.75, 3.05) is 25.3 Å². The molecule has 0 aliphatic carbocycles. The molecule has 5 nitrogen and oxygen atoms in total. The number of nitrogens with zero attached hydrogens (tertiary/aromatic N) is 1. The Kier molecular flexibility index (Phi) is 6.65. The number of aromatic nitrogens is 1. The van der Waals surface area contributed by atoms with E-state index in [9.17, 15) is 4.79 Å². The third kappa shape index (κ3) is 5.29. The van der Waals surface area contributed by atoms with Gasteiger partial charge >= 0.3 is 5.97 Å². The first-order valence-corrected chi connectivity index (χ1v) is 9.95. The smallest absolute Gasteiger partial charge is 0.306 e. The van der Waals surface area contributed by atoms with E-state index in [0.717, 1.165) is 20.9 Å². The van der Waals surface area contributed by atoms with E-state index in [1.807, 2.05) is 12.1 Å². The summed E-state index contributed by atoms with van der Waals surface area (Å²) in [6.07, 6.45) is 0.322. The Labute approximate surface area is 161 Å². The van der Waals surface area contributed by atoms with E-state index in [4.69, 9.17) is 21.9 Å². The van der Waals surface area contributed by atoms with Gasteiger partial charge in [0.05, 0.1) is 41.6 Å². The van der Waals surface area contributed by atoms with Gasteiger partial charge < -0.3 is 14.8 Å². The summed E-state index contributed by atoms with van der Waals surface area (Å²) in [6, 6.07) is 3.93. The van der Waals surface area contributed by atoms with Crippen molar-refractivity contribution in [1.82, 2.24) is 4.98 Å². The van der Waals surface area contributed by atoms with Crippen LogP contribution in [-0.2, 0) is 14.9 Å². The van der Waals surface area contributed by atoms with Crippen LogP contribution in [0, 0.1) is 0 Å². The minimum atomic E-state index is -0.242. The zero-order chi connectivity index (χ0) is 18.6. The number of nitrogens with one attached hydrogen (secondary N) is 1. The first-order chi connectivity index (χ1) is 11.7. The number of carbonyl (C=O) groups excluding carboxylic acids is 1. The summed E-state index contributed by atoms with van der Waals surface area (Å²) in [5.41, 5.74) is 1.72. The van der Waals surface area contributed by atoms with Crippen molar-refractivity contribution < 1.29 is 14.3 Å². The maximum absolute atomic E-state index is 11.2. The first-order valence-electron chi connectivity index (χ1n) is 7.74. The highest BCUT2D eigenvalue weighted by Crippen LogP contribution is 2.37. The Bertz CT molecular complexity index is 781. The number of hydrogen-bond donors (Lipinski definition) is 1. The van der Waals surface area contributed by atoms with Gasteiger partial charge in [-0.25, -0.2) is 4.98 Å². The van der Waals surface area contributed by atoms with Crippen molar-refractivity contribution >= 4 is 61.5 Å². The molecule has 0 unspecified atom stereocenters. The van der Waals surface area contributed by atoms with Crippen LogP contribution in [0.5, 0.6) is 5.75 Å². The summed E-state index contributed by atoms with van der Waals surface area (Å²) < 4.78 is 11.8. The third-order valence-electron chi connectivity index (χ3n) is 3.36. The maximum atomic E-state index is 11.2. The lowest BCUT2D eigenvalue weighted by Gasteiger charge is -2.13. The van der Waals surface area contributed by atoms with Crippen LogP contribution >= 0.6 is 35.3 Å². The van der Waals surface area contributed by atoms with Crippen molar-refractivity contribution in [3.8, 4) is 5.75 Å². The van der Waals surface area contributed by atoms with E-state index in [-0.39, 0.29) is 11.4 Å². The van der Waals surface area contributed by atoms with Gasteiger partial charge in [0, 0.05) is 17.2 Å². The number of fused-ring (bicyclic) bond motifs is 1. The lowest BCUT2D eigenvalue weighted by molar-refractivity contribution is -0.140. The van der Waals surface area contributed by atoms with Crippen LogP contribution in [-0.4, -0.2) is 35.2 Å². The van der Waals surface area contributed by atoms with E-state index >= 15 is 0 Å². The molecule has 25 heavy (non-hydrogen) atoms. The zero-order valence-electron chi connectivity index (χ0n) is 15.0. The lowest BCUT2D eigenvalue weighted by Crippen LogP contribution is -2.09. The van der Waals surface area contributed by atoms with Gasteiger partial charge in [-0.15, -0.1) is 11.3 Å². The monoisotopic (exact) mass is 398 g/mol. The number of methoxy groups -OCH3 is 2. The van der Waals surface area contributed by atoms with Crippen LogP contribution in [0.2, 0.25) is 0 Å². The van der Waals surface area contributed by atoms with Crippen LogP contribution in [0.15, 0.2) is 12.1 Å². The molecule has 0 aliphatic heterocycles. The number of hydrogen-bond acceptors (Lipinski definition) is 7. The number of esters is 1. The zero-order valence-corrected chi connectivity index (χ0v) is 17.4. The molecule has 0 amide bonds. The Hall–Kier alpha value is -1.38. The molecule has 8 heteroatoms. The van der Waals surface area contributed by atoms with E-state index in [2.05, 4.69) is 30.8 Å². The summed E-state index contributed by atoms with van der Waals surface area (Å²) >= 11 is 8.42. The number of thioether (sulfide) groups is 1. The number of thiazole rings is 1. The first kappa shape index (κ1) is 19.9. The molecule has 0 saturated heterocycles. The van der Waals surface area contributed by atoms with Crippen LogP contribution in [0.1, 0.15) is 32.2 Å². The van der Waals surface area contributed by atoms with Gasteiger partial charge in [-0.2, -0.15) is 0 Å². The van der Waals surface area contributed by atoms with Crippen molar-refractivity contribution in [3.63, 3.8) is 0 Å². The van der Waals surface area contributed by atoms with E-state index in [1.165, 1.54) is 18.9 Å². The second-order valence-corrected chi connectivity index (χ2v) is 9.18. The van der Waals surface area contributed by atoms with Crippen molar-refractivity contribution in [1.29, 1.82) is 0 Å². The average Bonchev–Trinajstić information content (AvgIpc) is 2.96. The van der Waals surface area contributed by atoms with Crippen LogP contribution < -0.4 is 10.1 Å². The van der Waals surface area contributed by atoms with Gasteiger partial charge in [-0.3, -0.25) is 4.79 Å². The highest BCUT2D eigenvalue weighted by molar-refractivity contribution is 8.23. The lowest BCUT2D eigenvalue weighted by atomic mass is 9.98. The molecule has 0 spiro atoms. The highest BCUT2D eigenvalue weighted by Gasteiger charge is 2.20. The molecule has 2 rings (SSSR count). The number of benzene rings is 1. The Morgan fingerprint density at radius 1 is 1.36 bits per heavy atom. The van der Waals surface area contributed by atoms with E-state index in [1.54, 1.807) is 18.4 Å². The molecular weight excluding hydrogens is 376 g/mol. The van der Waals surface area contributed by atoms with Gasteiger partial charge in [-0.1, -0.05) is 44.8 Å². The van der Waals surface area contributed by atoms with Gasteiger partial charge in [0.25, 0.3) is 0 Å². The molecule has 0 radical (unpaired) electrons. The molecule has 0 bridgehead atoms. The quantitative estimate of drug-likeness (QED) is 0.583. The van der Waals surface area contributed by atoms with Gasteiger partial charge in [-0.05, 0) is 6.07 Å². The normalized spacial score (nSPS) is 11.4. The number of carbonyl (C=O) groups is 1. The molecule has 136 valence electrons. The average molecular weight is 399 g/mol. The number of thiocarbonyl (C=S) groups is 1. The Balaban J connectivity index is 2.16. The predicted molar refractivity (Wildman–Crippen MR) is 110 cm³/mol. The summed E-state index contributed by atoms with van der Waals surface area (Å²) in [4.78, 5) is 15.9. The molecule has 1 heterocycles. The summed E-state index contributed by atoms with van der Waals surface area (Å²) in [7, 11) is 3.00. The summed E-state index contributed by atoms with van der Waals surface area (Å²) in [5, 5.41) is 4.27. The molecule has 0 atom stereocenters. The number of ether oxygens (including phenoxy) is 2. The van der Waals surface area contributed by atoms with E-state index < -0.39 is 0 Å². The highest BCUT2D eigenvalue weighted by atomic mass is 32.2. The summed E-state index contributed by atoms with van der Waals surface area (Å²) in [6.45, 7) is 6.44. The fourth-order valence-electron chi connectivity index (χ4n) is 2.02. The Morgan fingerprint density at radius 2 is 2.08 bits per heavy atom. The molecular formula is C17H22N2O3S3. The van der Waals surface area contributed by atoms with Gasteiger partial charge in [0.2, 0.25) is 0 Å². The minimum absolute atomic E-state index is 0.00352. The molecule has 0 saturated carbocycles. The van der Waals surface area contributed by atoms with E-state index in [0.29, 0.717) is 22.2 Å². The topological polar surface area (TPSA) is 60.5 Å². The van der Waals surface area contributed by atoms with Crippen LogP contribution in [0.25, 0.3) is 10.2 Å². The Morgan fingerprint density at radius 3 is 2.68 bits per heavy atom. The second-order valence-electron chi connectivity index (χ2n) is 6.38. The van der Waals surface area contributed by atoms with Gasteiger partial charge in [0.15, 0.2) is 0 Å². The predicted octanol–water partition coefficient (Wildman–Crippen LogP) is 4.60. The molecule has 1 aromatic carbocycles. The fraction of sp³-hybridized carbons (Fsp3) is 0.471. The number of rotatable bonds is 5. The largest absolute Gasteiger partial charge is 0.494 e. The molecule has 2 aromatic rings. The SMILES string of the molecule is COC(=O)CCSC(=S)Nc1cc2sc(C(C)(C)C)nc2cc1OC.